The molecule has 1 aromatic rings. The van der Waals surface area contributed by atoms with Crippen LogP contribution in [0, 0.1) is 11.7 Å². The predicted octanol–water partition coefficient (Wildman–Crippen LogP) is 2.95. The Morgan fingerprint density at radius 3 is 2.59 bits per heavy atom. The fraction of sp³-hybridized carbons (Fsp3) is 0.611. The summed E-state index contributed by atoms with van der Waals surface area (Å²) in [4.78, 5) is 16.4. The molecule has 2 rings (SSSR count). The number of hydrogen-bond donors (Lipinski definition) is 0. The second-order valence-electron chi connectivity index (χ2n) is 6.55. The van der Waals surface area contributed by atoms with Crippen molar-refractivity contribution in [1.82, 2.24) is 9.80 Å². The van der Waals surface area contributed by atoms with Crippen LogP contribution in [0.15, 0.2) is 24.3 Å². The Labute approximate surface area is 133 Å². The van der Waals surface area contributed by atoms with Gasteiger partial charge in [-0.1, -0.05) is 26.0 Å². The van der Waals surface area contributed by atoms with Gasteiger partial charge in [-0.25, -0.2) is 4.39 Å². The molecule has 4 heteroatoms. The van der Waals surface area contributed by atoms with Crippen molar-refractivity contribution < 1.29 is 9.18 Å². The SMILES string of the molecule is CC(C)CC(=O)N1CCN(CCCc2cccc(F)c2)CC1. The summed E-state index contributed by atoms with van der Waals surface area (Å²) >= 11 is 0. The first-order valence-corrected chi connectivity index (χ1v) is 8.29. The Balaban J connectivity index is 1.66. The number of nitrogens with zero attached hydrogens (tertiary/aromatic N) is 2. The van der Waals surface area contributed by atoms with Gasteiger partial charge in [0.25, 0.3) is 0 Å². The summed E-state index contributed by atoms with van der Waals surface area (Å²) in [6.07, 6.45) is 2.59. The number of amides is 1. The van der Waals surface area contributed by atoms with Gasteiger partial charge in [0.05, 0.1) is 0 Å². The number of carbonyl (C=O) groups excluding carboxylic acids is 1. The lowest BCUT2D eigenvalue weighted by atomic mass is 10.1. The van der Waals surface area contributed by atoms with Crippen molar-refractivity contribution in [3.8, 4) is 0 Å². The van der Waals surface area contributed by atoms with E-state index in [4.69, 9.17) is 0 Å². The van der Waals surface area contributed by atoms with Crippen molar-refractivity contribution in [2.24, 2.45) is 5.92 Å². The van der Waals surface area contributed by atoms with E-state index in [1.165, 1.54) is 6.07 Å². The largest absolute Gasteiger partial charge is 0.340 e. The summed E-state index contributed by atoms with van der Waals surface area (Å²) in [7, 11) is 0. The summed E-state index contributed by atoms with van der Waals surface area (Å²) < 4.78 is 13.1. The van der Waals surface area contributed by atoms with E-state index >= 15 is 0 Å². The molecule has 3 nitrogen and oxygen atoms in total. The van der Waals surface area contributed by atoms with Gasteiger partial charge in [0.1, 0.15) is 5.82 Å². The summed E-state index contributed by atoms with van der Waals surface area (Å²) in [5, 5.41) is 0. The number of hydrogen-bond acceptors (Lipinski definition) is 2. The van der Waals surface area contributed by atoms with Crippen LogP contribution in [-0.4, -0.2) is 48.4 Å². The predicted molar refractivity (Wildman–Crippen MR) is 87.2 cm³/mol. The molecular formula is C18H27FN2O. The third kappa shape index (κ3) is 5.41. The standard InChI is InChI=1S/C18H27FN2O/c1-15(2)13-18(22)21-11-9-20(10-12-21)8-4-6-16-5-3-7-17(19)14-16/h3,5,7,14-15H,4,6,8-13H2,1-2H3. The molecule has 22 heavy (non-hydrogen) atoms. The molecule has 0 aromatic heterocycles. The fourth-order valence-electron chi connectivity index (χ4n) is 2.90. The molecule has 1 aliphatic heterocycles. The van der Waals surface area contributed by atoms with Gasteiger partial charge in [0.2, 0.25) is 5.91 Å². The van der Waals surface area contributed by atoms with E-state index in [1.807, 2.05) is 11.0 Å². The second kappa shape index (κ2) is 8.28. The topological polar surface area (TPSA) is 23.6 Å². The number of halogens is 1. The van der Waals surface area contributed by atoms with E-state index in [-0.39, 0.29) is 11.7 Å². The molecule has 0 radical (unpaired) electrons. The minimum atomic E-state index is -0.158. The summed E-state index contributed by atoms with van der Waals surface area (Å²) in [6, 6.07) is 6.84. The molecule has 0 bridgehead atoms. The van der Waals surface area contributed by atoms with Gasteiger partial charge in [-0.05, 0) is 43.0 Å². The molecule has 1 saturated heterocycles. The first-order valence-electron chi connectivity index (χ1n) is 8.29. The van der Waals surface area contributed by atoms with Gasteiger partial charge in [-0.3, -0.25) is 9.69 Å². The Morgan fingerprint density at radius 2 is 1.95 bits per heavy atom. The van der Waals surface area contributed by atoms with E-state index in [9.17, 15) is 9.18 Å². The number of piperazine rings is 1. The average molecular weight is 306 g/mol. The molecule has 0 saturated carbocycles. The zero-order chi connectivity index (χ0) is 15.9. The monoisotopic (exact) mass is 306 g/mol. The van der Waals surface area contributed by atoms with Crippen LogP contribution < -0.4 is 0 Å². The fourth-order valence-corrected chi connectivity index (χ4v) is 2.90. The van der Waals surface area contributed by atoms with E-state index in [1.54, 1.807) is 12.1 Å². The van der Waals surface area contributed by atoms with Gasteiger partial charge in [0, 0.05) is 32.6 Å². The third-order valence-electron chi connectivity index (χ3n) is 4.14. The number of carbonyl (C=O) groups is 1. The van der Waals surface area contributed by atoms with Gasteiger partial charge < -0.3 is 4.90 Å². The van der Waals surface area contributed by atoms with E-state index < -0.39 is 0 Å². The minimum Gasteiger partial charge on any atom is -0.340 e. The minimum absolute atomic E-state index is 0.158. The average Bonchev–Trinajstić information content (AvgIpc) is 2.47. The molecule has 1 heterocycles. The third-order valence-corrected chi connectivity index (χ3v) is 4.14. The molecule has 0 atom stereocenters. The van der Waals surface area contributed by atoms with Crippen LogP contribution in [0.25, 0.3) is 0 Å². The van der Waals surface area contributed by atoms with Crippen molar-refractivity contribution in [3.63, 3.8) is 0 Å². The molecule has 1 fully saturated rings. The van der Waals surface area contributed by atoms with E-state index in [0.29, 0.717) is 12.3 Å². The molecule has 0 N–H and O–H groups in total. The van der Waals surface area contributed by atoms with Gasteiger partial charge in [-0.15, -0.1) is 0 Å². The van der Waals surface area contributed by atoms with Crippen molar-refractivity contribution >= 4 is 5.91 Å². The van der Waals surface area contributed by atoms with Crippen LogP contribution in [0.5, 0.6) is 0 Å². The zero-order valence-electron chi connectivity index (χ0n) is 13.7. The zero-order valence-corrected chi connectivity index (χ0v) is 13.7. The molecule has 0 spiro atoms. The highest BCUT2D eigenvalue weighted by atomic mass is 19.1. The molecule has 122 valence electrons. The summed E-state index contributed by atoms with van der Waals surface area (Å²) in [5.74, 6) is 0.556. The lowest BCUT2D eigenvalue weighted by Gasteiger charge is -2.35. The molecule has 1 aromatic carbocycles. The van der Waals surface area contributed by atoms with Crippen molar-refractivity contribution in [1.29, 1.82) is 0 Å². The first-order chi connectivity index (χ1) is 10.5. The lowest BCUT2D eigenvalue weighted by molar-refractivity contribution is -0.133. The maximum atomic E-state index is 13.1. The number of benzene rings is 1. The van der Waals surface area contributed by atoms with Crippen LogP contribution in [0.3, 0.4) is 0 Å². The molecule has 1 amide bonds. The lowest BCUT2D eigenvalue weighted by Crippen LogP contribution is -2.49. The highest BCUT2D eigenvalue weighted by Gasteiger charge is 2.20. The first kappa shape index (κ1) is 16.9. The van der Waals surface area contributed by atoms with Crippen LogP contribution in [0.1, 0.15) is 32.3 Å². The van der Waals surface area contributed by atoms with E-state index in [0.717, 1.165) is 51.1 Å². The van der Waals surface area contributed by atoms with Gasteiger partial charge in [0.15, 0.2) is 0 Å². The van der Waals surface area contributed by atoms with Crippen molar-refractivity contribution in [2.75, 3.05) is 32.7 Å². The highest BCUT2D eigenvalue weighted by molar-refractivity contribution is 5.76. The highest BCUT2D eigenvalue weighted by Crippen LogP contribution is 2.10. The van der Waals surface area contributed by atoms with Crippen LogP contribution in [-0.2, 0) is 11.2 Å². The smallest absolute Gasteiger partial charge is 0.222 e. The van der Waals surface area contributed by atoms with Crippen LogP contribution in [0.2, 0.25) is 0 Å². The Bertz CT molecular complexity index is 482. The second-order valence-corrected chi connectivity index (χ2v) is 6.55. The Kier molecular flexibility index (Phi) is 6.37. The van der Waals surface area contributed by atoms with Gasteiger partial charge in [-0.2, -0.15) is 0 Å². The number of aryl methyl sites for hydroxylation is 1. The molecule has 0 aliphatic carbocycles. The van der Waals surface area contributed by atoms with Crippen molar-refractivity contribution in [2.45, 2.75) is 33.1 Å². The Morgan fingerprint density at radius 1 is 1.23 bits per heavy atom. The maximum Gasteiger partial charge on any atom is 0.222 e. The maximum absolute atomic E-state index is 13.1. The molecule has 1 aliphatic rings. The normalized spacial score (nSPS) is 16.3. The molecular weight excluding hydrogens is 279 g/mol. The summed E-state index contributed by atoms with van der Waals surface area (Å²) in [6.45, 7) is 8.76. The van der Waals surface area contributed by atoms with Gasteiger partial charge >= 0.3 is 0 Å². The quantitative estimate of drug-likeness (QED) is 0.807. The number of rotatable bonds is 6. The summed E-state index contributed by atoms with van der Waals surface area (Å²) in [5.41, 5.74) is 1.06. The Hall–Kier alpha value is -1.42. The van der Waals surface area contributed by atoms with Crippen LogP contribution >= 0.6 is 0 Å². The molecule has 0 unspecified atom stereocenters. The van der Waals surface area contributed by atoms with Crippen LogP contribution in [0.4, 0.5) is 4.39 Å². The van der Waals surface area contributed by atoms with E-state index in [2.05, 4.69) is 18.7 Å². The van der Waals surface area contributed by atoms with Crippen molar-refractivity contribution in [3.05, 3.63) is 35.6 Å².